The van der Waals surface area contributed by atoms with Gasteiger partial charge in [-0.3, -0.25) is 9.59 Å². The first-order valence-corrected chi connectivity index (χ1v) is 5.73. The van der Waals surface area contributed by atoms with Gasteiger partial charge in [-0.05, 0) is 18.2 Å². The van der Waals surface area contributed by atoms with E-state index in [0.717, 1.165) is 11.8 Å². The Balaban J connectivity index is 1.99. The molecule has 1 saturated heterocycles. The molecule has 0 spiro atoms. The van der Waals surface area contributed by atoms with Crippen molar-refractivity contribution in [2.45, 2.75) is 6.04 Å². The molecule has 1 aromatic rings. The Bertz CT molecular complexity index is 436. The maximum atomic E-state index is 11.7. The van der Waals surface area contributed by atoms with Crippen LogP contribution < -0.4 is 16.4 Å². The highest BCUT2D eigenvalue weighted by molar-refractivity contribution is 8.14. The van der Waals surface area contributed by atoms with E-state index in [1.807, 2.05) is 0 Å². The molecule has 1 aliphatic rings. The van der Waals surface area contributed by atoms with Crippen LogP contribution in [0.4, 0.5) is 16.2 Å². The third kappa shape index (κ3) is 2.46. The van der Waals surface area contributed by atoms with E-state index in [1.54, 1.807) is 24.3 Å². The quantitative estimate of drug-likeness (QED) is 0.671. The lowest BCUT2D eigenvalue weighted by atomic mass is 10.2. The predicted molar refractivity (Wildman–Crippen MR) is 64.3 cm³/mol. The molecule has 0 aromatic heterocycles. The standard InChI is InChI=1S/C10H11N3O2S/c11-6-2-1-3-7(4-6)12-9(14)8-5-16-10(15)13-8/h1-4,8H,5,11H2,(H,12,14)(H,13,15). The average molecular weight is 237 g/mol. The minimum Gasteiger partial charge on any atom is -0.399 e. The number of carbonyl (C=O) groups is 2. The molecule has 4 N–H and O–H groups in total. The van der Waals surface area contributed by atoms with Crippen molar-refractivity contribution in [3.63, 3.8) is 0 Å². The van der Waals surface area contributed by atoms with Gasteiger partial charge in [-0.15, -0.1) is 0 Å². The Morgan fingerprint density at radius 2 is 2.38 bits per heavy atom. The monoisotopic (exact) mass is 237 g/mol. The van der Waals surface area contributed by atoms with Gasteiger partial charge < -0.3 is 16.4 Å². The number of hydrogen-bond donors (Lipinski definition) is 3. The lowest BCUT2D eigenvalue weighted by molar-refractivity contribution is -0.117. The fourth-order valence-corrected chi connectivity index (χ4v) is 2.15. The second kappa shape index (κ2) is 4.44. The summed E-state index contributed by atoms with van der Waals surface area (Å²) in [7, 11) is 0. The zero-order valence-corrected chi connectivity index (χ0v) is 9.21. The minimum absolute atomic E-state index is 0.160. The first-order chi connectivity index (χ1) is 7.65. The summed E-state index contributed by atoms with van der Waals surface area (Å²) in [5.41, 5.74) is 6.81. The van der Waals surface area contributed by atoms with E-state index in [1.165, 1.54) is 0 Å². The van der Waals surface area contributed by atoms with E-state index < -0.39 is 6.04 Å². The summed E-state index contributed by atoms with van der Waals surface area (Å²) in [6.45, 7) is 0. The van der Waals surface area contributed by atoms with E-state index >= 15 is 0 Å². The molecule has 1 aromatic carbocycles. The van der Waals surface area contributed by atoms with Crippen LogP contribution in [0.25, 0.3) is 0 Å². The Labute approximate surface area is 96.8 Å². The number of carbonyl (C=O) groups excluding carboxylic acids is 2. The van der Waals surface area contributed by atoms with Crippen molar-refractivity contribution in [2.75, 3.05) is 16.8 Å². The molecule has 1 fully saturated rings. The number of nitrogens with two attached hydrogens (primary N) is 1. The second-order valence-electron chi connectivity index (χ2n) is 3.41. The molecular weight excluding hydrogens is 226 g/mol. The predicted octanol–water partition coefficient (Wildman–Crippen LogP) is 1.03. The Kier molecular flexibility index (Phi) is 3.00. The van der Waals surface area contributed by atoms with Gasteiger partial charge in [0.25, 0.3) is 5.24 Å². The highest BCUT2D eigenvalue weighted by Crippen LogP contribution is 2.16. The van der Waals surface area contributed by atoms with Crippen LogP contribution in [0.1, 0.15) is 0 Å². The molecule has 1 heterocycles. The fourth-order valence-electron chi connectivity index (χ4n) is 1.37. The summed E-state index contributed by atoms with van der Waals surface area (Å²) >= 11 is 1.11. The average Bonchev–Trinajstić information content (AvgIpc) is 2.65. The lowest BCUT2D eigenvalue weighted by Crippen LogP contribution is -2.38. The largest absolute Gasteiger partial charge is 0.399 e. The zero-order chi connectivity index (χ0) is 11.5. The molecule has 0 saturated carbocycles. The molecule has 84 valence electrons. The van der Waals surface area contributed by atoms with Crippen LogP contribution in [0.5, 0.6) is 0 Å². The molecule has 0 aliphatic carbocycles. The van der Waals surface area contributed by atoms with Crippen molar-refractivity contribution < 1.29 is 9.59 Å². The number of nitrogen functional groups attached to an aromatic ring is 1. The topological polar surface area (TPSA) is 84.2 Å². The van der Waals surface area contributed by atoms with E-state index in [-0.39, 0.29) is 11.1 Å². The third-order valence-electron chi connectivity index (χ3n) is 2.14. The molecule has 2 rings (SSSR count). The Hall–Kier alpha value is -1.69. The second-order valence-corrected chi connectivity index (χ2v) is 4.40. The van der Waals surface area contributed by atoms with E-state index in [4.69, 9.17) is 5.73 Å². The van der Waals surface area contributed by atoms with E-state index in [9.17, 15) is 9.59 Å². The van der Waals surface area contributed by atoms with Crippen LogP contribution in [-0.2, 0) is 4.79 Å². The number of hydrogen-bond acceptors (Lipinski definition) is 4. The molecule has 1 aliphatic heterocycles. The van der Waals surface area contributed by atoms with Gasteiger partial charge in [0.05, 0.1) is 0 Å². The SMILES string of the molecule is Nc1cccc(NC(=O)C2CSC(=O)N2)c1. The molecule has 2 amide bonds. The number of benzene rings is 1. The van der Waals surface area contributed by atoms with Gasteiger partial charge in [0.1, 0.15) is 6.04 Å². The first kappa shape index (κ1) is 10.8. The minimum atomic E-state index is -0.459. The summed E-state index contributed by atoms with van der Waals surface area (Å²) in [5, 5.41) is 5.11. The van der Waals surface area contributed by atoms with Crippen molar-refractivity contribution in [1.29, 1.82) is 0 Å². The van der Waals surface area contributed by atoms with Gasteiger partial charge in [-0.1, -0.05) is 17.8 Å². The normalized spacial score (nSPS) is 19.2. The molecule has 5 nitrogen and oxygen atoms in total. The molecule has 0 bridgehead atoms. The maximum Gasteiger partial charge on any atom is 0.279 e. The summed E-state index contributed by atoms with van der Waals surface area (Å²) in [6, 6.07) is 6.45. The Morgan fingerprint density at radius 1 is 1.56 bits per heavy atom. The summed E-state index contributed by atoms with van der Waals surface area (Å²) < 4.78 is 0. The van der Waals surface area contributed by atoms with Gasteiger partial charge in [0, 0.05) is 17.1 Å². The van der Waals surface area contributed by atoms with Crippen LogP contribution in [0.3, 0.4) is 0 Å². The number of rotatable bonds is 2. The van der Waals surface area contributed by atoms with Crippen LogP contribution in [0.15, 0.2) is 24.3 Å². The van der Waals surface area contributed by atoms with Crippen molar-refractivity contribution in [3.05, 3.63) is 24.3 Å². The maximum absolute atomic E-state index is 11.7. The molecular formula is C10H11N3O2S. The number of nitrogens with one attached hydrogen (secondary N) is 2. The highest BCUT2D eigenvalue weighted by Gasteiger charge is 2.27. The molecule has 16 heavy (non-hydrogen) atoms. The first-order valence-electron chi connectivity index (χ1n) is 4.75. The van der Waals surface area contributed by atoms with Crippen LogP contribution in [0.2, 0.25) is 0 Å². The molecule has 6 heteroatoms. The lowest BCUT2D eigenvalue weighted by Gasteiger charge is -2.10. The van der Waals surface area contributed by atoms with Crippen molar-refractivity contribution >= 4 is 34.3 Å². The highest BCUT2D eigenvalue weighted by atomic mass is 32.2. The fraction of sp³-hybridized carbons (Fsp3) is 0.200. The summed E-state index contributed by atoms with van der Waals surface area (Å²) in [6.07, 6.45) is 0. The Morgan fingerprint density at radius 3 is 3.00 bits per heavy atom. The number of thioether (sulfide) groups is 1. The van der Waals surface area contributed by atoms with Gasteiger partial charge in [0.2, 0.25) is 5.91 Å². The van der Waals surface area contributed by atoms with Gasteiger partial charge in [-0.2, -0.15) is 0 Å². The summed E-state index contributed by atoms with van der Waals surface area (Å²) in [4.78, 5) is 22.6. The molecule has 1 atom stereocenters. The van der Waals surface area contributed by atoms with Crippen LogP contribution >= 0.6 is 11.8 Å². The van der Waals surface area contributed by atoms with Crippen LogP contribution in [0, 0.1) is 0 Å². The number of anilines is 2. The van der Waals surface area contributed by atoms with Crippen LogP contribution in [-0.4, -0.2) is 22.9 Å². The smallest absolute Gasteiger partial charge is 0.279 e. The van der Waals surface area contributed by atoms with Crippen molar-refractivity contribution in [2.24, 2.45) is 0 Å². The van der Waals surface area contributed by atoms with Crippen molar-refractivity contribution in [3.8, 4) is 0 Å². The van der Waals surface area contributed by atoms with E-state index in [0.29, 0.717) is 17.1 Å². The van der Waals surface area contributed by atoms with E-state index in [2.05, 4.69) is 10.6 Å². The molecule has 1 unspecified atom stereocenters. The van der Waals surface area contributed by atoms with Crippen molar-refractivity contribution in [1.82, 2.24) is 5.32 Å². The number of amides is 2. The van der Waals surface area contributed by atoms with Gasteiger partial charge >= 0.3 is 0 Å². The zero-order valence-electron chi connectivity index (χ0n) is 8.40. The summed E-state index contributed by atoms with van der Waals surface area (Å²) in [5.74, 6) is 0.247. The van der Waals surface area contributed by atoms with Gasteiger partial charge in [0.15, 0.2) is 0 Å². The third-order valence-corrected chi connectivity index (χ3v) is 3.02. The molecule has 0 radical (unpaired) electrons. The van der Waals surface area contributed by atoms with Gasteiger partial charge in [-0.25, -0.2) is 0 Å².